The molecule has 10 heteroatoms. The lowest BCUT2D eigenvalue weighted by atomic mass is 10.1. The molecule has 2 aromatic rings. The molecule has 0 aliphatic heterocycles. The van der Waals surface area contributed by atoms with Crippen molar-refractivity contribution in [3.05, 3.63) is 69.6 Å². The summed E-state index contributed by atoms with van der Waals surface area (Å²) < 4.78 is 10.1. The lowest BCUT2D eigenvalue weighted by Gasteiger charge is -2.26. The molecule has 1 amide bonds. The minimum atomic E-state index is -1.03. The summed E-state index contributed by atoms with van der Waals surface area (Å²) in [6.07, 6.45) is 1.29. The van der Waals surface area contributed by atoms with E-state index in [1.807, 2.05) is 0 Å². The molecule has 32 heavy (non-hydrogen) atoms. The van der Waals surface area contributed by atoms with Crippen molar-refractivity contribution in [2.75, 3.05) is 11.5 Å². The molecule has 10 nitrogen and oxygen atoms in total. The van der Waals surface area contributed by atoms with Gasteiger partial charge in [-0.15, -0.1) is 0 Å². The summed E-state index contributed by atoms with van der Waals surface area (Å²) in [5, 5.41) is 21.9. The van der Waals surface area contributed by atoms with Crippen LogP contribution in [0.2, 0.25) is 0 Å². The van der Waals surface area contributed by atoms with Crippen LogP contribution in [0.4, 0.5) is 16.3 Å². The van der Waals surface area contributed by atoms with E-state index in [1.165, 1.54) is 12.3 Å². The summed E-state index contributed by atoms with van der Waals surface area (Å²) in [5.41, 5.74) is -0.886. The number of aliphatic hydroxyl groups excluding tert-OH is 1. The zero-order valence-electron chi connectivity index (χ0n) is 18.3. The van der Waals surface area contributed by atoms with Crippen molar-refractivity contribution >= 4 is 29.6 Å². The first-order chi connectivity index (χ1) is 15.0. The Labute approximate surface area is 185 Å². The van der Waals surface area contributed by atoms with Crippen molar-refractivity contribution in [2.45, 2.75) is 39.8 Å². The molecule has 0 saturated carbocycles. The van der Waals surface area contributed by atoms with Gasteiger partial charge in [0.1, 0.15) is 5.60 Å². The van der Waals surface area contributed by atoms with Gasteiger partial charge < -0.3 is 14.6 Å². The Bertz CT molecular complexity index is 1010. The standard InChI is InChI=1S/C22H25N3O7/c1-5-31-20(27)17(26)13-16-11-12-23-19(18(16)25(29)30)24(21(28)32-22(2,3)4)14-15-9-7-6-8-10-15/h6-13,26H,5,14H2,1-4H3. The second-order valence-corrected chi connectivity index (χ2v) is 7.63. The Morgan fingerprint density at radius 1 is 1.22 bits per heavy atom. The lowest BCUT2D eigenvalue weighted by molar-refractivity contribution is -0.384. The van der Waals surface area contributed by atoms with E-state index in [9.17, 15) is 24.8 Å². The number of rotatable bonds is 7. The Morgan fingerprint density at radius 3 is 2.44 bits per heavy atom. The first kappa shape index (κ1) is 24.3. The molecule has 1 heterocycles. The summed E-state index contributed by atoms with van der Waals surface area (Å²) in [4.78, 5) is 41.0. The lowest BCUT2D eigenvalue weighted by Crippen LogP contribution is -2.37. The second kappa shape index (κ2) is 10.4. The quantitative estimate of drug-likeness (QED) is 0.219. The summed E-state index contributed by atoms with van der Waals surface area (Å²) >= 11 is 0. The van der Waals surface area contributed by atoms with Crippen molar-refractivity contribution in [1.82, 2.24) is 4.98 Å². The maximum absolute atomic E-state index is 13.0. The Hall–Kier alpha value is -3.95. The summed E-state index contributed by atoms with van der Waals surface area (Å²) in [7, 11) is 0. The van der Waals surface area contributed by atoms with E-state index >= 15 is 0 Å². The Kier molecular flexibility index (Phi) is 7.89. The largest absolute Gasteiger partial charge is 0.502 e. The van der Waals surface area contributed by atoms with Crippen LogP contribution in [0.1, 0.15) is 38.8 Å². The highest BCUT2D eigenvalue weighted by atomic mass is 16.6. The van der Waals surface area contributed by atoms with Crippen molar-refractivity contribution in [2.24, 2.45) is 0 Å². The van der Waals surface area contributed by atoms with Crippen LogP contribution in [0.5, 0.6) is 0 Å². The molecule has 1 aromatic heterocycles. The third-order valence-electron chi connectivity index (χ3n) is 3.95. The van der Waals surface area contributed by atoms with Crippen molar-refractivity contribution in [1.29, 1.82) is 0 Å². The molecule has 170 valence electrons. The first-order valence-corrected chi connectivity index (χ1v) is 9.79. The van der Waals surface area contributed by atoms with Gasteiger partial charge in [0.15, 0.2) is 0 Å². The molecular weight excluding hydrogens is 418 g/mol. The monoisotopic (exact) mass is 443 g/mol. The number of nitro groups is 1. The SMILES string of the molecule is CCOC(=O)C(O)=Cc1ccnc(N(Cc2ccccc2)C(=O)OC(C)(C)C)c1[N+](=O)[O-]. The van der Waals surface area contributed by atoms with E-state index in [0.29, 0.717) is 5.56 Å². The van der Waals surface area contributed by atoms with Gasteiger partial charge in [-0.3, -0.25) is 15.0 Å². The predicted octanol–water partition coefficient (Wildman–Crippen LogP) is 4.39. The van der Waals surface area contributed by atoms with Gasteiger partial charge >= 0.3 is 17.7 Å². The van der Waals surface area contributed by atoms with Crippen LogP contribution >= 0.6 is 0 Å². The van der Waals surface area contributed by atoms with Gasteiger partial charge in [-0.1, -0.05) is 30.3 Å². The van der Waals surface area contributed by atoms with Gasteiger partial charge in [-0.25, -0.2) is 14.6 Å². The molecule has 0 radical (unpaired) electrons. The topological polar surface area (TPSA) is 132 Å². The molecule has 1 N–H and O–H groups in total. The van der Waals surface area contributed by atoms with Crippen molar-refractivity contribution in [3.8, 4) is 0 Å². The number of nitrogens with zero attached hydrogens (tertiary/aromatic N) is 3. The van der Waals surface area contributed by atoms with Crippen molar-refractivity contribution in [3.63, 3.8) is 0 Å². The molecular formula is C22H25N3O7. The van der Waals surface area contributed by atoms with E-state index in [-0.39, 0.29) is 24.5 Å². The summed E-state index contributed by atoms with van der Waals surface area (Å²) in [6, 6.07) is 10.1. The van der Waals surface area contributed by atoms with Crippen LogP contribution in [-0.4, -0.2) is 39.3 Å². The van der Waals surface area contributed by atoms with E-state index in [0.717, 1.165) is 11.0 Å². The fraction of sp³-hybridized carbons (Fsp3) is 0.318. The average Bonchev–Trinajstić information content (AvgIpc) is 2.71. The molecule has 0 unspecified atom stereocenters. The van der Waals surface area contributed by atoms with Gasteiger partial charge in [-0.05, 0) is 39.3 Å². The Morgan fingerprint density at radius 2 is 1.88 bits per heavy atom. The fourth-order valence-electron chi connectivity index (χ4n) is 2.68. The van der Waals surface area contributed by atoms with Crippen LogP contribution in [-0.2, 0) is 20.8 Å². The molecule has 0 spiro atoms. The summed E-state index contributed by atoms with van der Waals surface area (Å²) in [5.74, 6) is -2.15. The maximum atomic E-state index is 13.0. The maximum Gasteiger partial charge on any atom is 0.416 e. The molecule has 0 aliphatic rings. The average molecular weight is 443 g/mol. The normalized spacial score (nSPS) is 11.6. The molecule has 2 rings (SSSR count). The molecule has 1 aromatic carbocycles. The molecule has 0 saturated heterocycles. The number of esters is 1. The zero-order chi connectivity index (χ0) is 23.9. The number of aliphatic hydroxyl groups is 1. The van der Waals surface area contributed by atoms with Gasteiger partial charge in [-0.2, -0.15) is 0 Å². The van der Waals surface area contributed by atoms with Crippen LogP contribution in [0.3, 0.4) is 0 Å². The third kappa shape index (κ3) is 6.53. The van der Waals surface area contributed by atoms with E-state index in [1.54, 1.807) is 58.0 Å². The molecule has 0 bridgehead atoms. The third-order valence-corrected chi connectivity index (χ3v) is 3.95. The number of aromatic nitrogens is 1. The van der Waals surface area contributed by atoms with E-state index in [2.05, 4.69) is 4.98 Å². The number of carbonyl (C=O) groups is 2. The zero-order valence-corrected chi connectivity index (χ0v) is 18.3. The number of hydrogen-bond donors (Lipinski definition) is 1. The highest BCUT2D eigenvalue weighted by Crippen LogP contribution is 2.33. The fourth-order valence-corrected chi connectivity index (χ4v) is 2.68. The number of ether oxygens (including phenoxy) is 2. The molecule has 0 fully saturated rings. The smallest absolute Gasteiger partial charge is 0.416 e. The Balaban J connectivity index is 2.61. The van der Waals surface area contributed by atoms with Gasteiger partial charge in [0.05, 0.1) is 23.6 Å². The number of anilines is 1. The van der Waals surface area contributed by atoms with E-state index in [4.69, 9.17) is 9.47 Å². The van der Waals surface area contributed by atoms with Gasteiger partial charge in [0.2, 0.25) is 11.6 Å². The number of carbonyl (C=O) groups excluding carboxylic acids is 2. The number of pyridine rings is 1. The minimum Gasteiger partial charge on any atom is -0.502 e. The number of hydrogen-bond acceptors (Lipinski definition) is 8. The molecule has 0 atom stereocenters. The first-order valence-electron chi connectivity index (χ1n) is 9.79. The molecule has 0 aliphatic carbocycles. The van der Waals surface area contributed by atoms with Crippen LogP contribution in [0, 0.1) is 10.1 Å². The minimum absolute atomic E-state index is 0.0178. The van der Waals surface area contributed by atoms with Gasteiger partial charge in [0.25, 0.3) is 0 Å². The number of amides is 1. The highest BCUT2D eigenvalue weighted by Gasteiger charge is 2.32. The summed E-state index contributed by atoms with van der Waals surface area (Å²) in [6.45, 7) is 6.53. The number of benzene rings is 1. The van der Waals surface area contributed by atoms with Crippen molar-refractivity contribution < 1.29 is 29.1 Å². The van der Waals surface area contributed by atoms with E-state index < -0.39 is 34.0 Å². The predicted molar refractivity (Wildman–Crippen MR) is 117 cm³/mol. The van der Waals surface area contributed by atoms with Crippen LogP contribution < -0.4 is 4.90 Å². The highest BCUT2D eigenvalue weighted by molar-refractivity contribution is 5.94. The van der Waals surface area contributed by atoms with Crippen LogP contribution in [0.15, 0.2) is 48.4 Å². The van der Waals surface area contributed by atoms with Gasteiger partial charge in [0, 0.05) is 12.3 Å². The second-order valence-electron chi connectivity index (χ2n) is 7.63. The van der Waals surface area contributed by atoms with Crippen LogP contribution in [0.25, 0.3) is 6.08 Å².